The van der Waals surface area contributed by atoms with Crippen molar-refractivity contribution in [2.75, 3.05) is 31.6 Å². The van der Waals surface area contributed by atoms with Crippen LogP contribution >= 0.6 is 0 Å². The molecular formula is C32H39N5O3. The van der Waals surface area contributed by atoms with Crippen molar-refractivity contribution < 1.29 is 14.3 Å². The van der Waals surface area contributed by atoms with Gasteiger partial charge in [-0.05, 0) is 80.6 Å². The van der Waals surface area contributed by atoms with Gasteiger partial charge < -0.3 is 25.1 Å². The number of rotatable bonds is 10. The predicted octanol–water partition coefficient (Wildman–Crippen LogP) is 4.50. The fraction of sp³-hybridized carbons (Fsp3) is 0.406. The number of carbonyl (C=O) groups excluding carboxylic acids is 1. The molecule has 1 atom stereocenters. The Morgan fingerprint density at radius 3 is 2.60 bits per heavy atom. The molecule has 0 radical (unpaired) electrons. The number of likely N-dealkylation sites (tertiary alicyclic amines) is 1. The van der Waals surface area contributed by atoms with E-state index in [4.69, 9.17) is 4.74 Å². The number of methoxy groups -OCH3 is 1. The first-order valence-electron chi connectivity index (χ1n) is 13.9. The normalized spacial score (nSPS) is 14.8. The average molecular weight is 542 g/mol. The summed E-state index contributed by atoms with van der Waals surface area (Å²) < 4.78 is 6.11. The number of nitrogens with one attached hydrogen (secondary N) is 1. The third-order valence-corrected chi connectivity index (χ3v) is 8.00. The molecule has 0 saturated carbocycles. The number of hydrogen-bond donors (Lipinski definition) is 1. The topological polar surface area (TPSA) is 95.5 Å². The number of benzene rings is 2. The largest absolute Gasteiger partial charge is 0.618 e. The van der Waals surface area contributed by atoms with Crippen molar-refractivity contribution in [2.24, 2.45) is 0 Å². The van der Waals surface area contributed by atoms with Crippen molar-refractivity contribution in [1.29, 1.82) is 5.26 Å². The van der Waals surface area contributed by atoms with E-state index >= 15 is 0 Å². The summed E-state index contributed by atoms with van der Waals surface area (Å²) in [7, 11) is 1.67. The maximum absolute atomic E-state index is 12.8. The van der Waals surface area contributed by atoms with Crippen molar-refractivity contribution >= 4 is 11.6 Å². The van der Waals surface area contributed by atoms with Gasteiger partial charge in [-0.1, -0.05) is 12.1 Å². The van der Waals surface area contributed by atoms with Gasteiger partial charge in [0.25, 0.3) is 5.91 Å². The number of amides is 1. The Morgan fingerprint density at radius 1 is 1.20 bits per heavy atom. The molecule has 2 aromatic carbocycles. The van der Waals surface area contributed by atoms with Gasteiger partial charge in [0, 0.05) is 56.9 Å². The minimum atomic E-state index is -0.193. The molecule has 1 aromatic heterocycles. The summed E-state index contributed by atoms with van der Waals surface area (Å²) in [6, 6.07) is 20.7. The molecule has 1 N–H and O–H groups in total. The molecule has 4 rings (SSSR count). The van der Waals surface area contributed by atoms with Crippen LogP contribution in [0.4, 0.5) is 5.69 Å². The minimum Gasteiger partial charge on any atom is -0.618 e. The molecule has 1 aliphatic heterocycles. The molecule has 210 valence electrons. The standard InChI is InChI=1S/C32H39N5O3/c1-23-13-19-37(39)25(3)31(23)32(38)34-16-12-24(2)35-17-14-29(15-18-35)36(28-8-10-30(40-4)11-9-28)22-27-7-5-6-26(20-27)21-33/h5-11,13,19-20,24,29H,12,14-18,22H2,1-4H3,(H,34,38). The maximum atomic E-state index is 12.8. The van der Waals surface area contributed by atoms with E-state index in [0.717, 1.165) is 66.2 Å². The van der Waals surface area contributed by atoms with Gasteiger partial charge >= 0.3 is 0 Å². The SMILES string of the molecule is COc1ccc(N(Cc2cccc(C#N)c2)C2CCN(C(C)CCNC(=O)c3c(C)cc[n+]([O-])c3C)CC2)cc1. The number of nitriles is 1. The monoisotopic (exact) mass is 541 g/mol. The van der Waals surface area contributed by atoms with Gasteiger partial charge in [0.15, 0.2) is 6.20 Å². The number of ether oxygens (including phenoxy) is 1. The van der Waals surface area contributed by atoms with Crippen LogP contribution in [0.5, 0.6) is 5.75 Å². The summed E-state index contributed by atoms with van der Waals surface area (Å²) in [5.41, 5.74) is 4.63. The molecule has 40 heavy (non-hydrogen) atoms. The van der Waals surface area contributed by atoms with Crippen LogP contribution in [-0.2, 0) is 6.54 Å². The van der Waals surface area contributed by atoms with Crippen LogP contribution < -0.4 is 19.7 Å². The molecule has 1 saturated heterocycles. The molecule has 0 spiro atoms. The van der Waals surface area contributed by atoms with Crippen LogP contribution in [0.2, 0.25) is 0 Å². The van der Waals surface area contributed by atoms with Crippen LogP contribution in [-0.4, -0.2) is 49.6 Å². The van der Waals surface area contributed by atoms with E-state index in [1.807, 2.05) is 37.3 Å². The smallest absolute Gasteiger partial charge is 0.257 e. The van der Waals surface area contributed by atoms with Crippen LogP contribution in [0.25, 0.3) is 0 Å². The summed E-state index contributed by atoms with van der Waals surface area (Å²) >= 11 is 0. The zero-order valence-electron chi connectivity index (χ0n) is 23.9. The molecule has 1 unspecified atom stereocenters. The fourth-order valence-corrected chi connectivity index (χ4v) is 5.56. The molecule has 0 bridgehead atoms. The van der Waals surface area contributed by atoms with Gasteiger partial charge in [-0.2, -0.15) is 9.99 Å². The maximum Gasteiger partial charge on any atom is 0.257 e. The third-order valence-electron chi connectivity index (χ3n) is 8.00. The number of anilines is 1. The van der Waals surface area contributed by atoms with E-state index in [0.29, 0.717) is 35.4 Å². The average Bonchev–Trinajstić information content (AvgIpc) is 2.98. The van der Waals surface area contributed by atoms with E-state index in [1.54, 1.807) is 20.1 Å². The first-order valence-corrected chi connectivity index (χ1v) is 13.9. The first kappa shape index (κ1) is 28.9. The lowest BCUT2D eigenvalue weighted by atomic mass is 9.99. The summed E-state index contributed by atoms with van der Waals surface area (Å²) in [6.07, 6.45) is 4.31. The molecular weight excluding hydrogens is 502 g/mol. The Morgan fingerprint density at radius 2 is 1.93 bits per heavy atom. The number of nitrogens with zero attached hydrogens (tertiary/aromatic N) is 4. The molecule has 1 amide bonds. The summed E-state index contributed by atoms with van der Waals surface area (Å²) in [6.45, 7) is 8.97. The molecule has 1 aliphatic rings. The second-order valence-corrected chi connectivity index (χ2v) is 10.6. The van der Waals surface area contributed by atoms with Gasteiger partial charge in [0.1, 0.15) is 11.3 Å². The highest BCUT2D eigenvalue weighted by Gasteiger charge is 2.27. The van der Waals surface area contributed by atoms with E-state index in [1.165, 1.54) is 6.20 Å². The van der Waals surface area contributed by atoms with Gasteiger partial charge in [-0.25, -0.2) is 0 Å². The number of aryl methyl sites for hydroxylation is 1. The number of aromatic nitrogens is 1. The van der Waals surface area contributed by atoms with E-state index in [2.05, 4.69) is 46.3 Å². The first-order chi connectivity index (χ1) is 19.3. The number of pyridine rings is 1. The lowest BCUT2D eigenvalue weighted by molar-refractivity contribution is -0.612. The molecule has 0 aliphatic carbocycles. The number of piperidine rings is 1. The molecule has 2 heterocycles. The molecule has 8 nitrogen and oxygen atoms in total. The minimum absolute atomic E-state index is 0.193. The van der Waals surface area contributed by atoms with Crippen LogP contribution in [0.1, 0.15) is 58.9 Å². The van der Waals surface area contributed by atoms with Crippen molar-refractivity contribution in [1.82, 2.24) is 10.2 Å². The number of carbonyl (C=O) groups is 1. The third kappa shape index (κ3) is 6.91. The highest BCUT2D eigenvalue weighted by Crippen LogP contribution is 2.28. The molecule has 8 heteroatoms. The van der Waals surface area contributed by atoms with Crippen LogP contribution in [0.3, 0.4) is 0 Å². The van der Waals surface area contributed by atoms with Gasteiger partial charge in [0.2, 0.25) is 5.69 Å². The Hall–Kier alpha value is -4.09. The lowest BCUT2D eigenvalue weighted by Gasteiger charge is -2.42. The van der Waals surface area contributed by atoms with Crippen molar-refractivity contribution in [2.45, 2.75) is 58.7 Å². The quantitative estimate of drug-likeness (QED) is 0.300. The Balaban J connectivity index is 1.36. The second kappa shape index (κ2) is 13.3. The highest BCUT2D eigenvalue weighted by molar-refractivity contribution is 5.96. The van der Waals surface area contributed by atoms with Crippen molar-refractivity contribution in [3.63, 3.8) is 0 Å². The Labute approximate surface area is 237 Å². The van der Waals surface area contributed by atoms with Gasteiger partial charge in [0.05, 0.1) is 18.7 Å². The molecule has 1 fully saturated rings. The van der Waals surface area contributed by atoms with E-state index in [-0.39, 0.29) is 5.91 Å². The predicted molar refractivity (Wildman–Crippen MR) is 156 cm³/mol. The summed E-state index contributed by atoms with van der Waals surface area (Å²) in [4.78, 5) is 17.7. The van der Waals surface area contributed by atoms with E-state index in [9.17, 15) is 15.3 Å². The lowest BCUT2D eigenvalue weighted by Crippen LogP contribution is -2.48. The fourth-order valence-electron chi connectivity index (χ4n) is 5.56. The number of hydrogen-bond acceptors (Lipinski definition) is 6. The van der Waals surface area contributed by atoms with Crippen LogP contribution in [0.15, 0.2) is 60.8 Å². The zero-order chi connectivity index (χ0) is 28.6. The summed E-state index contributed by atoms with van der Waals surface area (Å²) in [5.74, 6) is 0.637. The van der Waals surface area contributed by atoms with Crippen molar-refractivity contribution in [3.8, 4) is 11.8 Å². The van der Waals surface area contributed by atoms with Crippen molar-refractivity contribution in [3.05, 3.63) is 93.9 Å². The highest BCUT2D eigenvalue weighted by atomic mass is 16.5. The summed E-state index contributed by atoms with van der Waals surface area (Å²) in [5, 5.41) is 24.3. The van der Waals surface area contributed by atoms with Gasteiger partial charge in [-0.3, -0.25) is 4.79 Å². The van der Waals surface area contributed by atoms with Crippen LogP contribution in [0, 0.1) is 30.4 Å². The Bertz CT molecular complexity index is 1340. The Kier molecular flexibility index (Phi) is 9.62. The zero-order valence-corrected chi connectivity index (χ0v) is 23.9. The van der Waals surface area contributed by atoms with E-state index < -0.39 is 0 Å². The molecule has 3 aromatic rings. The van der Waals surface area contributed by atoms with Gasteiger partial charge in [-0.15, -0.1) is 0 Å². The second-order valence-electron chi connectivity index (χ2n) is 10.6.